The fourth-order valence-electron chi connectivity index (χ4n) is 2.84. The Morgan fingerprint density at radius 1 is 0.952 bits per heavy atom. The topological polar surface area (TPSA) is 4.93 Å². The van der Waals surface area contributed by atoms with Gasteiger partial charge in [0.1, 0.15) is 4.83 Å². The standard InChI is InChI=1S/C16H19Br2NS2/c1-2-3-4-5-6-7-8-19-12-10-14(18)20-15(12)11-9-13(17)21-16(11)19/h9-10H,2-8H2,1H3. The minimum atomic E-state index is 1.14. The fourth-order valence-corrected chi connectivity index (χ4v) is 6.14. The number of hydrogen-bond acceptors (Lipinski definition) is 2. The molecule has 0 saturated heterocycles. The van der Waals surface area contributed by atoms with Crippen molar-refractivity contribution in [1.29, 1.82) is 0 Å². The van der Waals surface area contributed by atoms with E-state index in [4.69, 9.17) is 0 Å². The van der Waals surface area contributed by atoms with Gasteiger partial charge in [-0.2, -0.15) is 0 Å². The average molecular weight is 449 g/mol. The normalized spacial score (nSPS) is 12.0. The minimum Gasteiger partial charge on any atom is -0.331 e. The van der Waals surface area contributed by atoms with E-state index in [0.717, 1.165) is 6.54 Å². The Balaban J connectivity index is 1.78. The predicted molar refractivity (Wildman–Crippen MR) is 104 cm³/mol. The van der Waals surface area contributed by atoms with Gasteiger partial charge in [-0.3, -0.25) is 0 Å². The lowest BCUT2D eigenvalue weighted by Gasteiger charge is -2.05. The monoisotopic (exact) mass is 447 g/mol. The summed E-state index contributed by atoms with van der Waals surface area (Å²) in [4.78, 5) is 1.42. The molecule has 0 aliphatic rings. The van der Waals surface area contributed by atoms with E-state index in [0.29, 0.717) is 0 Å². The fraction of sp³-hybridized carbons (Fsp3) is 0.500. The molecule has 3 rings (SSSR count). The van der Waals surface area contributed by atoms with Gasteiger partial charge < -0.3 is 4.57 Å². The minimum absolute atomic E-state index is 1.14. The van der Waals surface area contributed by atoms with Gasteiger partial charge in [-0.15, -0.1) is 22.7 Å². The molecule has 0 unspecified atom stereocenters. The van der Waals surface area contributed by atoms with Crippen LogP contribution in [0.3, 0.4) is 0 Å². The van der Waals surface area contributed by atoms with Gasteiger partial charge in [0.15, 0.2) is 0 Å². The maximum absolute atomic E-state index is 3.64. The smallest absolute Gasteiger partial charge is 0.105 e. The molecule has 0 amide bonds. The Labute approximate surface area is 150 Å². The molecule has 21 heavy (non-hydrogen) atoms. The first-order chi connectivity index (χ1) is 10.2. The molecule has 0 atom stereocenters. The van der Waals surface area contributed by atoms with E-state index in [9.17, 15) is 0 Å². The maximum Gasteiger partial charge on any atom is 0.105 e. The summed E-state index contributed by atoms with van der Waals surface area (Å²) in [5.41, 5.74) is 1.40. The van der Waals surface area contributed by atoms with Crippen LogP contribution in [0.5, 0.6) is 0 Å². The first-order valence-electron chi connectivity index (χ1n) is 7.57. The molecule has 0 aromatic carbocycles. The summed E-state index contributed by atoms with van der Waals surface area (Å²) in [6, 6.07) is 4.54. The molecule has 0 spiro atoms. The second kappa shape index (κ2) is 7.16. The number of halogens is 2. The largest absolute Gasteiger partial charge is 0.331 e. The number of fused-ring (bicyclic) bond motifs is 3. The number of aryl methyl sites for hydroxylation is 1. The first kappa shape index (κ1) is 16.0. The van der Waals surface area contributed by atoms with Crippen LogP contribution in [-0.2, 0) is 6.54 Å². The van der Waals surface area contributed by atoms with Gasteiger partial charge in [0.2, 0.25) is 0 Å². The van der Waals surface area contributed by atoms with Crippen molar-refractivity contribution in [2.24, 2.45) is 0 Å². The van der Waals surface area contributed by atoms with Gasteiger partial charge >= 0.3 is 0 Å². The lowest BCUT2D eigenvalue weighted by molar-refractivity contribution is 0.572. The van der Waals surface area contributed by atoms with Crippen LogP contribution in [0.1, 0.15) is 45.4 Å². The van der Waals surface area contributed by atoms with Crippen LogP contribution in [0.2, 0.25) is 0 Å². The van der Waals surface area contributed by atoms with Crippen molar-refractivity contribution in [2.45, 2.75) is 52.0 Å². The third kappa shape index (κ3) is 3.41. The lowest BCUT2D eigenvalue weighted by Crippen LogP contribution is -1.96. The molecule has 0 N–H and O–H groups in total. The van der Waals surface area contributed by atoms with Crippen molar-refractivity contribution in [2.75, 3.05) is 0 Å². The number of rotatable bonds is 7. The van der Waals surface area contributed by atoms with Gasteiger partial charge in [0.05, 0.1) is 17.8 Å². The summed E-state index contributed by atoms with van der Waals surface area (Å²) >= 11 is 11.0. The van der Waals surface area contributed by atoms with Crippen molar-refractivity contribution in [3.8, 4) is 0 Å². The van der Waals surface area contributed by atoms with Crippen molar-refractivity contribution in [3.63, 3.8) is 0 Å². The SMILES string of the molecule is CCCCCCCCn1c2cc(Br)sc2c2cc(Br)sc21. The summed E-state index contributed by atoms with van der Waals surface area (Å²) in [7, 11) is 0. The van der Waals surface area contributed by atoms with E-state index in [1.54, 1.807) is 0 Å². The molecule has 0 fully saturated rings. The Bertz CT molecular complexity index is 684. The highest BCUT2D eigenvalue weighted by Crippen LogP contribution is 2.42. The first-order valence-corrected chi connectivity index (χ1v) is 10.8. The van der Waals surface area contributed by atoms with Gasteiger partial charge in [-0.1, -0.05) is 39.0 Å². The van der Waals surface area contributed by atoms with E-state index in [1.807, 2.05) is 22.7 Å². The zero-order valence-corrected chi connectivity index (χ0v) is 16.9. The lowest BCUT2D eigenvalue weighted by atomic mass is 10.1. The number of nitrogens with zero attached hydrogens (tertiary/aromatic N) is 1. The molecular weight excluding hydrogens is 430 g/mol. The average Bonchev–Trinajstić information content (AvgIpc) is 3.06. The van der Waals surface area contributed by atoms with Crippen molar-refractivity contribution >= 4 is 75.0 Å². The molecule has 0 radical (unpaired) electrons. The highest BCUT2D eigenvalue weighted by atomic mass is 79.9. The van der Waals surface area contributed by atoms with Gasteiger partial charge in [0.25, 0.3) is 0 Å². The molecule has 5 heteroatoms. The van der Waals surface area contributed by atoms with Gasteiger partial charge in [0, 0.05) is 11.9 Å². The number of aromatic nitrogens is 1. The highest BCUT2D eigenvalue weighted by molar-refractivity contribution is 9.11. The number of hydrogen-bond donors (Lipinski definition) is 0. The van der Waals surface area contributed by atoms with Crippen LogP contribution >= 0.6 is 54.5 Å². The molecule has 0 aliphatic carbocycles. The molecule has 114 valence electrons. The van der Waals surface area contributed by atoms with Crippen LogP contribution in [-0.4, -0.2) is 4.57 Å². The number of unbranched alkanes of at least 4 members (excludes halogenated alkanes) is 5. The summed E-state index contributed by atoms with van der Waals surface area (Å²) in [5, 5.41) is 1.41. The maximum atomic E-state index is 3.64. The summed E-state index contributed by atoms with van der Waals surface area (Å²) in [5.74, 6) is 0. The zero-order valence-electron chi connectivity index (χ0n) is 12.1. The molecule has 0 saturated carbocycles. The van der Waals surface area contributed by atoms with E-state index in [-0.39, 0.29) is 0 Å². The molecule has 3 aromatic heterocycles. The molecule has 3 heterocycles. The van der Waals surface area contributed by atoms with Crippen LogP contribution in [0.15, 0.2) is 19.7 Å². The predicted octanol–water partition coefficient (Wildman–Crippen LogP) is 7.80. The molecule has 0 bridgehead atoms. The Hall–Kier alpha value is 0.160. The Morgan fingerprint density at radius 2 is 1.67 bits per heavy atom. The highest BCUT2D eigenvalue weighted by Gasteiger charge is 2.15. The van der Waals surface area contributed by atoms with Crippen LogP contribution in [0.25, 0.3) is 20.4 Å². The molecule has 0 aliphatic heterocycles. The zero-order chi connectivity index (χ0) is 14.8. The van der Waals surface area contributed by atoms with Crippen molar-refractivity contribution in [1.82, 2.24) is 4.57 Å². The molecule has 1 nitrogen and oxygen atoms in total. The van der Waals surface area contributed by atoms with E-state index in [1.165, 1.54) is 66.5 Å². The third-order valence-electron chi connectivity index (χ3n) is 3.88. The van der Waals surface area contributed by atoms with Crippen molar-refractivity contribution in [3.05, 3.63) is 19.7 Å². The van der Waals surface area contributed by atoms with Crippen molar-refractivity contribution < 1.29 is 0 Å². The van der Waals surface area contributed by atoms with E-state index < -0.39 is 0 Å². The summed E-state index contributed by atoms with van der Waals surface area (Å²) in [6.07, 6.45) is 8.10. The van der Waals surface area contributed by atoms with Gasteiger partial charge in [-0.05, 0) is 50.4 Å². The molecule has 3 aromatic rings. The van der Waals surface area contributed by atoms with Crippen LogP contribution < -0.4 is 0 Å². The second-order valence-electron chi connectivity index (χ2n) is 5.45. The van der Waals surface area contributed by atoms with E-state index in [2.05, 4.69) is 55.5 Å². The molecular formula is C16H19Br2NS2. The second-order valence-corrected chi connectivity index (χ2v) is 10.3. The Kier molecular flexibility index (Phi) is 5.46. The van der Waals surface area contributed by atoms with Crippen LogP contribution in [0.4, 0.5) is 0 Å². The van der Waals surface area contributed by atoms with Gasteiger partial charge in [-0.25, -0.2) is 0 Å². The van der Waals surface area contributed by atoms with Crippen LogP contribution in [0, 0.1) is 0 Å². The summed E-state index contributed by atoms with van der Waals surface area (Å²) < 4.78 is 6.40. The number of thiophene rings is 2. The van der Waals surface area contributed by atoms with E-state index >= 15 is 0 Å². The quantitative estimate of drug-likeness (QED) is 0.325. The Morgan fingerprint density at radius 3 is 2.48 bits per heavy atom. The third-order valence-corrected chi connectivity index (χ3v) is 7.20. The summed E-state index contributed by atoms with van der Waals surface area (Å²) in [6.45, 7) is 3.42.